The normalized spacial score (nSPS) is 19.3. The second-order valence-electron chi connectivity index (χ2n) is 6.56. The fourth-order valence-electron chi connectivity index (χ4n) is 3.00. The van der Waals surface area contributed by atoms with E-state index in [0.717, 1.165) is 23.1 Å². The Morgan fingerprint density at radius 3 is 2.80 bits per heavy atom. The summed E-state index contributed by atoms with van der Waals surface area (Å²) in [5, 5.41) is 1.56. The summed E-state index contributed by atoms with van der Waals surface area (Å²) in [5.74, 6) is 0.696. The van der Waals surface area contributed by atoms with E-state index >= 15 is 0 Å². The summed E-state index contributed by atoms with van der Waals surface area (Å²) in [6.45, 7) is 6.94. The number of aromatic amines is 1. The van der Waals surface area contributed by atoms with Crippen LogP contribution in [0.3, 0.4) is 0 Å². The lowest BCUT2D eigenvalue weighted by Gasteiger charge is -2.33. The predicted octanol–water partition coefficient (Wildman–Crippen LogP) is 3.86. The first-order valence-corrected chi connectivity index (χ1v) is 9.03. The standard InChI is InChI=1S/C15H20N2OS2/c1-15(2,3)8-5-6-9-10(7-8)20-13-11(9)12(18)16-14(17-13)19-4/h8H,5-7H2,1-4H3,(H,16,17,18)/t8-/m1/s1. The van der Waals surface area contributed by atoms with Gasteiger partial charge in [0.2, 0.25) is 0 Å². The molecular formula is C15H20N2OS2. The number of nitrogens with one attached hydrogen (secondary N) is 1. The molecule has 1 aliphatic rings. The Labute approximate surface area is 127 Å². The summed E-state index contributed by atoms with van der Waals surface area (Å²) >= 11 is 3.21. The maximum absolute atomic E-state index is 12.3. The van der Waals surface area contributed by atoms with Crippen LogP contribution in [-0.2, 0) is 12.8 Å². The highest BCUT2D eigenvalue weighted by molar-refractivity contribution is 7.98. The van der Waals surface area contributed by atoms with E-state index in [2.05, 4.69) is 30.7 Å². The minimum absolute atomic E-state index is 0.0334. The summed E-state index contributed by atoms with van der Waals surface area (Å²) in [6.07, 6.45) is 5.22. The topological polar surface area (TPSA) is 45.8 Å². The minimum Gasteiger partial charge on any atom is -0.301 e. The molecule has 3 rings (SSSR count). The molecule has 0 radical (unpaired) electrons. The van der Waals surface area contributed by atoms with Gasteiger partial charge in [-0.2, -0.15) is 0 Å². The molecule has 0 fully saturated rings. The summed E-state index contributed by atoms with van der Waals surface area (Å²) in [5.41, 5.74) is 1.62. The number of hydrogen-bond acceptors (Lipinski definition) is 4. The Kier molecular flexibility index (Phi) is 3.45. The Morgan fingerprint density at radius 1 is 1.40 bits per heavy atom. The molecule has 0 aliphatic heterocycles. The van der Waals surface area contributed by atoms with Gasteiger partial charge in [-0.1, -0.05) is 32.5 Å². The van der Waals surface area contributed by atoms with Crippen LogP contribution in [0.1, 0.15) is 37.6 Å². The van der Waals surface area contributed by atoms with Crippen LogP contribution in [0.25, 0.3) is 10.2 Å². The van der Waals surface area contributed by atoms with Gasteiger partial charge < -0.3 is 4.98 Å². The smallest absolute Gasteiger partial charge is 0.260 e. The highest BCUT2D eigenvalue weighted by atomic mass is 32.2. The Morgan fingerprint density at radius 2 is 2.15 bits per heavy atom. The molecule has 5 heteroatoms. The molecular weight excluding hydrogens is 288 g/mol. The number of aromatic nitrogens is 2. The molecule has 108 valence electrons. The van der Waals surface area contributed by atoms with E-state index in [9.17, 15) is 4.79 Å². The number of H-pyrrole nitrogens is 1. The van der Waals surface area contributed by atoms with Crippen molar-refractivity contribution in [1.29, 1.82) is 0 Å². The van der Waals surface area contributed by atoms with Crippen LogP contribution in [0.4, 0.5) is 0 Å². The van der Waals surface area contributed by atoms with Gasteiger partial charge in [-0.25, -0.2) is 4.98 Å². The van der Waals surface area contributed by atoms with Crippen LogP contribution in [0.15, 0.2) is 9.95 Å². The number of nitrogens with zero attached hydrogens (tertiary/aromatic N) is 1. The van der Waals surface area contributed by atoms with Crippen molar-refractivity contribution in [3.8, 4) is 0 Å². The van der Waals surface area contributed by atoms with E-state index in [1.807, 2.05) is 6.26 Å². The lowest BCUT2D eigenvalue weighted by atomic mass is 9.72. The quantitative estimate of drug-likeness (QED) is 0.643. The summed E-state index contributed by atoms with van der Waals surface area (Å²) in [7, 11) is 0. The zero-order valence-electron chi connectivity index (χ0n) is 12.4. The van der Waals surface area contributed by atoms with Crippen molar-refractivity contribution < 1.29 is 0 Å². The molecule has 2 heterocycles. The Balaban J connectivity index is 2.11. The fraction of sp³-hybridized carbons (Fsp3) is 0.600. The third-order valence-corrected chi connectivity index (χ3v) is 6.04. The highest BCUT2D eigenvalue weighted by Gasteiger charge is 2.31. The highest BCUT2D eigenvalue weighted by Crippen LogP contribution is 2.42. The molecule has 2 aromatic rings. The van der Waals surface area contributed by atoms with Crippen molar-refractivity contribution in [3.05, 3.63) is 20.8 Å². The third kappa shape index (κ3) is 2.31. The number of fused-ring (bicyclic) bond motifs is 3. The van der Waals surface area contributed by atoms with Gasteiger partial charge in [-0.05, 0) is 42.4 Å². The van der Waals surface area contributed by atoms with Gasteiger partial charge in [-0.15, -0.1) is 11.3 Å². The molecule has 0 aromatic carbocycles. The van der Waals surface area contributed by atoms with Crippen LogP contribution in [0.2, 0.25) is 0 Å². The predicted molar refractivity (Wildman–Crippen MR) is 87.0 cm³/mol. The van der Waals surface area contributed by atoms with Crippen LogP contribution < -0.4 is 5.56 Å². The lowest BCUT2D eigenvalue weighted by Crippen LogP contribution is -2.26. The Hall–Kier alpha value is -0.810. The molecule has 0 saturated heterocycles. The molecule has 2 aromatic heterocycles. The van der Waals surface area contributed by atoms with Gasteiger partial charge >= 0.3 is 0 Å². The first-order chi connectivity index (χ1) is 9.40. The van der Waals surface area contributed by atoms with Crippen molar-refractivity contribution in [2.45, 2.75) is 45.2 Å². The second-order valence-corrected chi connectivity index (χ2v) is 8.44. The van der Waals surface area contributed by atoms with Gasteiger partial charge in [0, 0.05) is 4.88 Å². The molecule has 0 bridgehead atoms. The summed E-state index contributed by atoms with van der Waals surface area (Å²) in [6, 6.07) is 0. The third-order valence-electron chi connectivity index (χ3n) is 4.32. The molecule has 0 amide bonds. The number of thioether (sulfide) groups is 1. The molecule has 20 heavy (non-hydrogen) atoms. The Bertz CT molecular complexity index is 709. The maximum atomic E-state index is 12.3. The number of thiophene rings is 1. The monoisotopic (exact) mass is 308 g/mol. The largest absolute Gasteiger partial charge is 0.301 e. The van der Waals surface area contributed by atoms with Crippen molar-refractivity contribution in [2.24, 2.45) is 11.3 Å². The average molecular weight is 308 g/mol. The van der Waals surface area contributed by atoms with Gasteiger partial charge in [-0.3, -0.25) is 4.79 Å². The van der Waals surface area contributed by atoms with Crippen molar-refractivity contribution in [2.75, 3.05) is 6.26 Å². The van der Waals surface area contributed by atoms with E-state index in [1.54, 1.807) is 11.3 Å². The van der Waals surface area contributed by atoms with Gasteiger partial charge in [0.05, 0.1) is 5.39 Å². The fourth-order valence-corrected chi connectivity index (χ4v) is 4.74. The van der Waals surface area contributed by atoms with Gasteiger partial charge in [0.1, 0.15) is 4.83 Å². The van der Waals surface area contributed by atoms with Gasteiger partial charge in [0.25, 0.3) is 5.56 Å². The number of rotatable bonds is 1. The van der Waals surface area contributed by atoms with Gasteiger partial charge in [0.15, 0.2) is 5.16 Å². The molecule has 0 saturated carbocycles. The first-order valence-electron chi connectivity index (χ1n) is 6.98. The van der Waals surface area contributed by atoms with Crippen LogP contribution in [-0.4, -0.2) is 16.2 Å². The maximum Gasteiger partial charge on any atom is 0.260 e. The van der Waals surface area contributed by atoms with E-state index in [1.165, 1.54) is 28.6 Å². The molecule has 0 unspecified atom stereocenters. The second kappa shape index (κ2) is 4.88. The van der Waals surface area contributed by atoms with E-state index in [4.69, 9.17) is 0 Å². The van der Waals surface area contributed by atoms with E-state index < -0.39 is 0 Å². The first kappa shape index (κ1) is 14.1. The average Bonchev–Trinajstić information content (AvgIpc) is 2.74. The summed E-state index contributed by atoms with van der Waals surface area (Å²) in [4.78, 5) is 22.0. The van der Waals surface area contributed by atoms with Crippen LogP contribution >= 0.6 is 23.1 Å². The lowest BCUT2D eigenvalue weighted by molar-refractivity contribution is 0.218. The van der Waals surface area contributed by atoms with Crippen molar-refractivity contribution in [3.63, 3.8) is 0 Å². The van der Waals surface area contributed by atoms with Crippen LogP contribution in [0, 0.1) is 11.3 Å². The molecule has 1 atom stereocenters. The van der Waals surface area contributed by atoms with E-state index in [-0.39, 0.29) is 5.56 Å². The number of hydrogen-bond donors (Lipinski definition) is 1. The molecule has 1 aliphatic carbocycles. The zero-order chi connectivity index (χ0) is 14.5. The molecule has 0 spiro atoms. The zero-order valence-corrected chi connectivity index (χ0v) is 14.0. The SMILES string of the molecule is CSc1nc2sc3c(c2c(=O)[nH]1)CC[C@@H](C(C)(C)C)C3. The minimum atomic E-state index is 0.0334. The van der Waals surface area contributed by atoms with E-state index in [0.29, 0.717) is 16.5 Å². The van der Waals surface area contributed by atoms with Crippen LogP contribution in [0.5, 0.6) is 0 Å². The molecule has 1 N–H and O–H groups in total. The number of aryl methyl sites for hydroxylation is 1. The van der Waals surface area contributed by atoms with Crippen molar-refractivity contribution in [1.82, 2.24) is 9.97 Å². The molecule has 3 nitrogen and oxygen atoms in total. The summed E-state index contributed by atoms with van der Waals surface area (Å²) < 4.78 is 0. The van der Waals surface area contributed by atoms with Crippen molar-refractivity contribution >= 4 is 33.3 Å².